The van der Waals surface area contributed by atoms with Crippen LogP contribution in [0.1, 0.15) is 16.1 Å². The van der Waals surface area contributed by atoms with E-state index in [0.717, 1.165) is 5.01 Å². The Morgan fingerprint density at radius 2 is 2.09 bits per heavy atom. The number of amides is 1. The Bertz CT molecular complexity index is 798. The molecule has 0 spiro atoms. The van der Waals surface area contributed by atoms with Crippen LogP contribution < -0.4 is 9.47 Å². The molecule has 118 valence electrons. The van der Waals surface area contributed by atoms with Crippen molar-refractivity contribution in [3.63, 3.8) is 0 Å². The molecule has 0 fully saturated rings. The van der Waals surface area contributed by atoms with E-state index >= 15 is 0 Å². The predicted octanol–water partition coefficient (Wildman–Crippen LogP) is 2.02. The summed E-state index contributed by atoms with van der Waals surface area (Å²) < 4.78 is 15.3. The van der Waals surface area contributed by atoms with E-state index in [2.05, 4.69) is 5.10 Å². The number of nitro groups is 1. The van der Waals surface area contributed by atoms with Crippen molar-refractivity contribution in [3.05, 3.63) is 51.8 Å². The number of hydrazone groups is 1. The molecule has 0 N–H and O–H groups in total. The quantitative estimate of drug-likeness (QED) is 0.485. The van der Waals surface area contributed by atoms with Gasteiger partial charge in [0.2, 0.25) is 6.79 Å². The van der Waals surface area contributed by atoms with Crippen LogP contribution in [0.3, 0.4) is 0 Å². The van der Waals surface area contributed by atoms with Gasteiger partial charge < -0.3 is 13.9 Å². The topological polar surface area (TPSA) is 107 Å². The fourth-order valence-corrected chi connectivity index (χ4v) is 1.92. The molecule has 1 aromatic carbocycles. The molecule has 0 radical (unpaired) electrons. The van der Waals surface area contributed by atoms with Crippen LogP contribution in [0.25, 0.3) is 0 Å². The van der Waals surface area contributed by atoms with Gasteiger partial charge in [0.1, 0.15) is 4.92 Å². The van der Waals surface area contributed by atoms with Crippen LogP contribution in [-0.2, 0) is 0 Å². The number of hydrogen-bond donors (Lipinski definition) is 0. The van der Waals surface area contributed by atoms with Crippen molar-refractivity contribution in [3.8, 4) is 11.5 Å². The van der Waals surface area contributed by atoms with Gasteiger partial charge in [0.15, 0.2) is 17.3 Å². The van der Waals surface area contributed by atoms with Crippen molar-refractivity contribution < 1.29 is 23.6 Å². The zero-order valence-electron chi connectivity index (χ0n) is 12.0. The standard InChI is InChI=1S/C14H11N3O6/c1-16(15-7-10-3-5-13(23-10)17(19)20)14(18)9-2-4-11-12(6-9)22-8-21-11/h2-7H,8H2,1H3. The summed E-state index contributed by atoms with van der Waals surface area (Å²) in [6.45, 7) is 0.123. The van der Waals surface area contributed by atoms with E-state index in [4.69, 9.17) is 13.9 Å². The largest absolute Gasteiger partial charge is 0.454 e. The summed E-state index contributed by atoms with van der Waals surface area (Å²) in [5, 5.41) is 15.5. The maximum absolute atomic E-state index is 12.3. The molecule has 1 aromatic heterocycles. The van der Waals surface area contributed by atoms with Crippen LogP contribution in [0, 0.1) is 10.1 Å². The van der Waals surface area contributed by atoms with Crippen LogP contribution in [0.2, 0.25) is 0 Å². The smallest absolute Gasteiger partial charge is 0.433 e. The third-order valence-corrected chi connectivity index (χ3v) is 3.06. The minimum atomic E-state index is -0.654. The highest BCUT2D eigenvalue weighted by Gasteiger charge is 2.18. The lowest BCUT2D eigenvalue weighted by Gasteiger charge is -2.10. The minimum absolute atomic E-state index is 0.123. The fourth-order valence-electron chi connectivity index (χ4n) is 1.92. The predicted molar refractivity (Wildman–Crippen MR) is 77.6 cm³/mol. The van der Waals surface area contributed by atoms with Crippen LogP contribution in [0.5, 0.6) is 11.5 Å². The maximum atomic E-state index is 12.3. The molecule has 2 heterocycles. The van der Waals surface area contributed by atoms with Gasteiger partial charge in [-0.3, -0.25) is 14.9 Å². The molecule has 0 saturated carbocycles. The zero-order chi connectivity index (χ0) is 16.4. The number of carbonyl (C=O) groups is 1. The van der Waals surface area contributed by atoms with Crippen LogP contribution in [0.15, 0.2) is 39.9 Å². The van der Waals surface area contributed by atoms with E-state index in [9.17, 15) is 14.9 Å². The van der Waals surface area contributed by atoms with E-state index < -0.39 is 10.8 Å². The number of benzene rings is 1. The Hall–Kier alpha value is -3.36. The number of ether oxygens (including phenoxy) is 2. The fraction of sp³-hybridized carbons (Fsp3) is 0.143. The highest BCUT2D eigenvalue weighted by atomic mass is 16.7. The summed E-state index contributed by atoms with van der Waals surface area (Å²) in [4.78, 5) is 22.1. The Morgan fingerprint density at radius 1 is 1.30 bits per heavy atom. The van der Waals surface area contributed by atoms with Gasteiger partial charge in [0.05, 0.1) is 12.3 Å². The first kappa shape index (κ1) is 14.6. The lowest BCUT2D eigenvalue weighted by Crippen LogP contribution is -2.21. The van der Waals surface area contributed by atoms with Gasteiger partial charge in [-0.2, -0.15) is 5.10 Å². The molecule has 9 nitrogen and oxygen atoms in total. The summed E-state index contributed by atoms with van der Waals surface area (Å²) in [6, 6.07) is 7.40. The van der Waals surface area contributed by atoms with E-state index in [1.807, 2.05) is 0 Å². The van der Waals surface area contributed by atoms with Crippen molar-refractivity contribution >= 4 is 18.0 Å². The molecule has 0 saturated heterocycles. The van der Waals surface area contributed by atoms with Crippen molar-refractivity contribution in [1.82, 2.24) is 5.01 Å². The summed E-state index contributed by atoms with van der Waals surface area (Å²) in [5.41, 5.74) is 0.374. The molecular weight excluding hydrogens is 306 g/mol. The van der Waals surface area contributed by atoms with Gasteiger partial charge in [0, 0.05) is 12.6 Å². The number of carbonyl (C=O) groups excluding carboxylic acids is 1. The lowest BCUT2D eigenvalue weighted by molar-refractivity contribution is -0.402. The van der Waals surface area contributed by atoms with Crippen molar-refractivity contribution in [2.24, 2.45) is 5.10 Å². The first-order chi connectivity index (χ1) is 11.0. The molecule has 1 aliphatic rings. The number of rotatable bonds is 4. The molecular formula is C14H11N3O6. The number of nitrogens with zero attached hydrogens (tertiary/aromatic N) is 3. The summed E-state index contributed by atoms with van der Waals surface area (Å²) >= 11 is 0. The molecule has 0 aliphatic carbocycles. The summed E-state index contributed by atoms with van der Waals surface area (Å²) in [7, 11) is 1.46. The van der Waals surface area contributed by atoms with Crippen LogP contribution >= 0.6 is 0 Å². The summed E-state index contributed by atoms with van der Waals surface area (Å²) in [6.07, 6.45) is 1.22. The molecule has 0 unspecified atom stereocenters. The van der Waals surface area contributed by atoms with E-state index in [0.29, 0.717) is 17.1 Å². The Kier molecular flexibility index (Phi) is 3.67. The summed E-state index contributed by atoms with van der Waals surface area (Å²) in [5.74, 6) is 0.476. The van der Waals surface area contributed by atoms with E-state index in [-0.39, 0.29) is 18.5 Å². The van der Waals surface area contributed by atoms with Gasteiger partial charge in [-0.1, -0.05) is 0 Å². The van der Waals surface area contributed by atoms with Crippen LogP contribution in [-0.4, -0.2) is 35.9 Å². The monoisotopic (exact) mass is 317 g/mol. The average molecular weight is 317 g/mol. The van der Waals surface area contributed by atoms with Crippen molar-refractivity contribution in [2.75, 3.05) is 13.8 Å². The molecule has 2 aromatic rings. The third kappa shape index (κ3) is 2.98. The Balaban J connectivity index is 1.71. The van der Waals surface area contributed by atoms with Gasteiger partial charge in [-0.25, -0.2) is 5.01 Å². The first-order valence-corrected chi connectivity index (χ1v) is 6.50. The molecule has 0 bridgehead atoms. The van der Waals surface area contributed by atoms with Gasteiger partial charge in [0.25, 0.3) is 5.91 Å². The Labute approximate surface area is 129 Å². The van der Waals surface area contributed by atoms with E-state index in [1.165, 1.54) is 25.4 Å². The second-order valence-corrected chi connectivity index (χ2v) is 4.57. The molecule has 1 amide bonds. The highest BCUT2D eigenvalue weighted by molar-refractivity contribution is 5.95. The molecule has 9 heteroatoms. The SMILES string of the molecule is CN(N=Cc1ccc([N+](=O)[O-])o1)C(=O)c1ccc2c(c1)OCO2. The normalized spacial score (nSPS) is 12.6. The first-order valence-electron chi connectivity index (χ1n) is 6.50. The number of fused-ring (bicyclic) bond motifs is 1. The molecule has 3 rings (SSSR count). The third-order valence-electron chi connectivity index (χ3n) is 3.06. The zero-order valence-corrected chi connectivity index (χ0v) is 12.0. The van der Waals surface area contributed by atoms with Crippen LogP contribution in [0.4, 0.5) is 5.88 Å². The lowest BCUT2D eigenvalue weighted by atomic mass is 10.2. The molecule has 0 atom stereocenters. The molecule has 23 heavy (non-hydrogen) atoms. The average Bonchev–Trinajstić information content (AvgIpc) is 3.19. The van der Waals surface area contributed by atoms with E-state index in [1.54, 1.807) is 18.2 Å². The minimum Gasteiger partial charge on any atom is -0.454 e. The maximum Gasteiger partial charge on any atom is 0.433 e. The Morgan fingerprint density at radius 3 is 2.83 bits per heavy atom. The second-order valence-electron chi connectivity index (χ2n) is 4.57. The van der Waals surface area contributed by atoms with Gasteiger partial charge >= 0.3 is 5.88 Å². The number of hydrogen-bond acceptors (Lipinski definition) is 7. The second kappa shape index (κ2) is 5.79. The molecule has 1 aliphatic heterocycles. The van der Waals surface area contributed by atoms with Crippen molar-refractivity contribution in [1.29, 1.82) is 0 Å². The van der Waals surface area contributed by atoms with Gasteiger partial charge in [-0.05, 0) is 24.3 Å². The number of furan rings is 1. The highest BCUT2D eigenvalue weighted by Crippen LogP contribution is 2.32. The van der Waals surface area contributed by atoms with Crippen molar-refractivity contribution in [2.45, 2.75) is 0 Å². The van der Waals surface area contributed by atoms with Gasteiger partial charge in [-0.15, -0.1) is 0 Å².